The summed E-state index contributed by atoms with van der Waals surface area (Å²) >= 11 is 0. The van der Waals surface area contributed by atoms with Crippen molar-refractivity contribution in [3.05, 3.63) is 47.8 Å². The van der Waals surface area contributed by atoms with Gasteiger partial charge in [0.15, 0.2) is 0 Å². The third-order valence-electron chi connectivity index (χ3n) is 2.67. The Balaban J connectivity index is 2.08. The van der Waals surface area contributed by atoms with Gasteiger partial charge in [-0.3, -0.25) is 0 Å². The molecule has 0 saturated heterocycles. The van der Waals surface area contributed by atoms with Crippen LogP contribution in [0.25, 0.3) is 0 Å². The zero-order chi connectivity index (χ0) is 13.1. The minimum Gasteiger partial charge on any atom is -0.486 e. The van der Waals surface area contributed by atoms with Crippen LogP contribution in [-0.2, 0) is 6.61 Å². The molecular formula is C14H17FN2O. The standard InChI is InChI=1S/C14H17FN2O/c1-10(2)17-8-11(3)16-14(17)9-18-13-6-4-12(15)5-7-13/h4-8,10H,9H2,1-3H3. The lowest BCUT2D eigenvalue weighted by Crippen LogP contribution is -2.08. The summed E-state index contributed by atoms with van der Waals surface area (Å²) in [7, 11) is 0. The molecule has 4 heteroatoms. The number of imidazole rings is 1. The molecule has 96 valence electrons. The van der Waals surface area contributed by atoms with Gasteiger partial charge in [0.2, 0.25) is 0 Å². The van der Waals surface area contributed by atoms with Crippen LogP contribution in [0.5, 0.6) is 5.75 Å². The van der Waals surface area contributed by atoms with Gasteiger partial charge in [0.05, 0.1) is 5.69 Å². The second-order valence-electron chi connectivity index (χ2n) is 4.54. The number of aromatic nitrogens is 2. The molecule has 0 aliphatic rings. The van der Waals surface area contributed by atoms with Crippen molar-refractivity contribution in [2.45, 2.75) is 33.4 Å². The van der Waals surface area contributed by atoms with E-state index < -0.39 is 0 Å². The number of benzene rings is 1. The predicted molar refractivity (Wildman–Crippen MR) is 68.1 cm³/mol. The Kier molecular flexibility index (Phi) is 3.65. The molecular weight excluding hydrogens is 231 g/mol. The third kappa shape index (κ3) is 2.88. The first-order valence-corrected chi connectivity index (χ1v) is 5.99. The number of ether oxygens (including phenoxy) is 1. The summed E-state index contributed by atoms with van der Waals surface area (Å²) in [6, 6.07) is 6.35. The van der Waals surface area contributed by atoms with Crippen molar-refractivity contribution in [3.63, 3.8) is 0 Å². The van der Waals surface area contributed by atoms with Crippen LogP contribution >= 0.6 is 0 Å². The lowest BCUT2D eigenvalue weighted by Gasteiger charge is -2.12. The van der Waals surface area contributed by atoms with Crippen LogP contribution in [0.3, 0.4) is 0 Å². The average molecular weight is 248 g/mol. The van der Waals surface area contributed by atoms with E-state index in [9.17, 15) is 4.39 Å². The lowest BCUT2D eigenvalue weighted by atomic mass is 10.3. The summed E-state index contributed by atoms with van der Waals surface area (Å²) in [4.78, 5) is 4.43. The van der Waals surface area contributed by atoms with E-state index in [4.69, 9.17) is 4.74 Å². The average Bonchev–Trinajstić information content (AvgIpc) is 2.70. The van der Waals surface area contributed by atoms with Crippen LogP contribution < -0.4 is 4.74 Å². The van der Waals surface area contributed by atoms with E-state index in [-0.39, 0.29) is 5.82 Å². The molecule has 0 spiro atoms. The SMILES string of the molecule is Cc1cn(C(C)C)c(COc2ccc(F)cc2)n1. The molecule has 1 aromatic carbocycles. The van der Waals surface area contributed by atoms with Gasteiger partial charge in [-0.05, 0) is 45.0 Å². The number of aryl methyl sites for hydroxylation is 1. The van der Waals surface area contributed by atoms with Crippen molar-refractivity contribution >= 4 is 0 Å². The number of nitrogens with zero attached hydrogens (tertiary/aromatic N) is 2. The Morgan fingerprint density at radius 1 is 1.28 bits per heavy atom. The molecule has 0 amide bonds. The fourth-order valence-corrected chi connectivity index (χ4v) is 1.80. The molecule has 1 heterocycles. The summed E-state index contributed by atoms with van der Waals surface area (Å²) < 4.78 is 20.4. The van der Waals surface area contributed by atoms with Crippen molar-refractivity contribution < 1.29 is 9.13 Å². The Hall–Kier alpha value is -1.84. The quantitative estimate of drug-likeness (QED) is 0.828. The van der Waals surface area contributed by atoms with E-state index in [1.54, 1.807) is 12.1 Å². The zero-order valence-corrected chi connectivity index (χ0v) is 10.9. The second-order valence-corrected chi connectivity index (χ2v) is 4.54. The highest BCUT2D eigenvalue weighted by Gasteiger charge is 2.09. The highest BCUT2D eigenvalue weighted by atomic mass is 19.1. The summed E-state index contributed by atoms with van der Waals surface area (Å²) in [5.41, 5.74) is 0.974. The molecule has 3 nitrogen and oxygen atoms in total. The monoisotopic (exact) mass is 248 g/mol. The number of rotatable bonds is 4. The van der Waals surface area contributed by atoms with Gasteiger partial charge in [0.1, 0.15) is 24.0 Å². The Morgan fingerprint density at radius 2 is 1.94 bits per heavy atom. The molecule has 0 saturated carbocycles. The van der Waals surface area contributed by atoms with Crippen molar-refractivity contribution in [2.24, 2.45) is 0 Å². The normalized spacial score (nSPS) is 10.9. The molecule has 0 fully saturated rings. The van der Waals surface area contributed by atoms with Crippen molar-refractivity contribution in [2.75, 3.05) is 0 Å². The summed E-state index contributed by atoms with van der Waals surface area (Å²) in [5, 5.41) is 0. The summed E-state index contributed by atoms with van der Waals surface area (Å²) in [6.45, 7) is 6.54. The van der Waals surface area contributed by atoms with E-state index in [1.165, 1.54) is 12.1 Å². The first-order valence-electron chi connectivity index (χ1n) is 5.99. The van der Waals surface area contributed by atoms with Crippen LogP contribution in [0.2, 0.25) is 0 Å². The molecule has 0 atom stereocenters. The van der Waals surface area contributed by atoms with Gasteiger partial charge in [-0.1, -0.05) is 0 Å². The van der Waals surface area contributed by atoms with Crippen molar-refractivity contribution in [1.29, 1.82) is 0 Å². The highest BCUT2D eigenvalue weighted by molar-refractivity contribution is 5.22. The van der Waals surface area contributed by atoms with Gasteiger partial charge in [0, 0.05) is 12.2 Å². The fourth-order valence-electron chi connectivity index (χ4n) is 1.80. The number of hydrogen-bond acceptors (Lipinski definition) is 2. The van der Waals surface area contributed by atoms with E-state index >= 15 is 0 Å². The first-order chi connectivity index (χ1) is 8.56. The van der Waals surface area contributed by atoms with E-state index in [2.05, 4.69) is 23.4 Å². The third-order valence-corrected chi connectivity index (χ3v) is 2.67. The van der Waals surface area contributed by atoms with E-state index in [1.807, 2.05) is 13.1 Å². The second kappa shape index (κ2) is 5.21. The summed E-state index contributed by atoms with van der Waals surface area (Å²) in [5.74, 6) is 1.26. The summed E-state index contributed by atoms with van der Waals surface area (Å²) in [6.07, 6.45) is 2.01. The highest BCUT2D eigenvalue weighted by Crippen LogP contribution is 2.15. The zero-order valence-electron chi connectivity index (χ0n) is 10.9. The minimum absolute atomic E-state index is 0.262. The van der Waals surface area contributed by atoms with Crippen molar-refractivity contribution in [3.8, 4) is 5.75 Å². The molecule has 0 aliphatic carbocycles. The molecule has 1 aromatic heterocycles. The van der Waals surface area contributed by atoms with Gasteiger partial charge >= 0.3 is 0 Å². The number of halogens is 1. The Morgan fingerprint density at radius 3 is 2.56 bits per heavy atom. The largest absolute Gasteiger partial charge is 0.486 e. The maximum atomic E-state index is 12.8. The first kappa shape index (κ1) is 12.6. The molecule has 2 rings (SSSR count). The van der Waals surface area contributed by atoms with Gasteiger partial charge in [-0.25, -0.2) is 9.37 Å². The molecule has 2 aromatic rings. The van der Waals surface area contributed by atoms with Crippen LogP contribution in [0.4, 0.5) is 4.39 Å². The van der Waals surface area contributed by atoms with Crippen molar-refractivity contribution in [1.82, 2.24) is 9.55 Å². The van der Waals surface area contributed by atoms with Crippen LogP contribution in [-0.4, -0.2) is 9.55 Å². The van der Waals surface area contributed by atoms with E-state index in [0.717, 1.165) is 11.5 Å². The van der Waals surface area contributed by atoms with E-state index in [0.29, 0.717) is 18.4 Å². The Bertz CT molecular complexity index is 517. The number of hydrogen-bond donors (Lipinski definition) is 0. The van der Waals surface area contributed by atoms with Crippen LogP contribution in [0, 0.1) is 12.7 Å². The predicted octanol–water partition coefficient (Wildman–Crippen LogP) is 3.49. The van der Waals surface area contributed by atoms with Gasteiger partial charge in [0.25, 0.3) is 0 Å². The maximum Gasteiger partial charge on any atom is 0.147 e. The molecule has 0 aliphatic heterocycles. The minimum atomic E-state index is -0.262. The molecule has 0 bridgehead atoms. The van der Waals surface area contributed by atoms with Crippen LogP contribution in [0.1, 0.15) is 31.4 Å². The Labute approximate surface area is 106 Å². The van der Waals surface area contributed by atoms with Gasteiger partial charge < -0.3 is 9.30 Å². The topological polar surface area (TPSA) is 27.1 Å². The fraction of sp³-hybridized carbons (Fsp3) is 0.357. The van der Waals surface area contributed by atoms with Gasteiger partial charge in [-0.15, -0.1) is 0 Å². The smallest absolute Gasteiger partial charge is 0.147 e. The van der Waals surface area contributed by atoms with Crippen LogP contribution in [0.15, 0.2) is 30.5 Å². The molecule has 0 unspecified atom stereocenters. The molecule has 0 radical (unpaired) electrons. The maximum absolute atomic E-state index is 12.8. The molecule has 0 N–H and O–H groups in total. The lowest BCUT2D eigenvalue weighted by molar-refractivity contribution is 0.286. The van der Waals surface area contributed by atoms with Gasteiger partial charge in [-0.2, -0.15) is 0 Å². The molecule has 18 heavy (non-hydrogen) atoms.